The first-order valence-corrected chi connectivity index (χ1v) is 5.14. The van der Waals surface area contributed by atoms with E-state index in [1.165, 1.54) is 12.1 Å². The number of halogens is 1. The largest absolute Gasteiger partial charge is 0.350 e. The summed E-state index contributed by atoms with van der Waals surface area (Å²) in [6.45, 7) is 0.872. The molecule has 0 aliphatic carbocycles. The molecule has 0 spiro atoms. The van der Waals surface area contributed by atoms with Gasteiger partial charge in [-0.1, -0.05) is 17.3 Å². The van der Waals surface area contributed by atoms with Crippen molar-refractivity contribution in [2.45, 2.75) is 6.54 Å². The third-order valence-corrected chi connectivity index (χ3v) is 2.22. The molecule has 0 saturated carbocycles. The van der Waals surface area contributed by atoms with Crippen molar-refractivity contribution >= 4 is 5.91 Å². The molecular weight excluding hydrogens is 223 g/mol. The Hall–Kier alpha value is -2.24. The zero-order chi connectivity index (χ0) is 12.1. The Bertz CT molecular complexity index is 498. The van der Waals surface area contributed by atoms with Crippen LogP contribution in [-0.4, -0.2) is 27.4 Å². The average Bonchev–Trinajstić information content (AvgIpc) is 2.82. The standard InChI is InChI=1S/C11H11FN4O/c12-10-4-2-1-3-9(10)11(17)13-5-7-16-8-6-14-15-16/h1-4,6,8H,5,7H2,(H,13,17). The molecule has 0 radical (unpaired) electrons. The molecule has 1 aromatic heterocycles. The maximum atomic E-state index is 13.3. The Morgan fingerprint density at radius 1 is 1.41 bits per heavy atom. The summed E-state index contributed by atoms with van der Waals surface area (Å²) in [7, 11) is 0. The van der Waals surface area contributed by atoms with E-state index in [1.54, 1.807) is 29.2 Å². The van der Waals surface area contributed by atoms with Crippen LogP contribution in [0, 0.1) is 5.82 Å². The Kier molecular flexibility index (Phi) is 3.44. The van der Waals surface area contributed by atoms with Crippen LogP contribution >= 0.6 is 0 Å². The van der Waals surface area contributed by atoms with Crippen molar-refractivity contribution < 1.29 is 9.18 Å². The highest BCUT2D eigenvalue weighted by atomic mass is 19.1. The molecule has 6 heteroatoms. The lowest BCUT2D eigenvalue weighted by atomic mass is 10.2. The molecule has 1 amide bonds. The average molecular weight is 234 g/mol. The van der Waals surface area contributed by atoms with E-state index < -0.39 is 11.7 Å². The Morgan fingerprint density at radius 3 is 2.94 bits per heavy atom. The number of aromatic nitrogens is 3. The number of nitrogens with one attached hydrogen (secondary N) is 1. The van der Waals surface area contributed by atoms with Crippen LogP contribution in [0.2, 0.25) is 0 Å². The molecular formula is C11H11FN4O. The van der Waals surface area contributed by atoms with Crippen LogP contribution in [0.25, 0.3) is 0 Å². The van der Waals surface area contributed by atoms with E-state index >= 15 is 0 Å². The van der Waals surface area contributed by atoms with Crippen LogP contribution < -0.4 is 5.32 Å². The predicted octanol–water partition coefficient (Wildman–Crippen LogP) is 0.847. The summed E-state index contributed by atoms with van der Waals surface area (Å²) in [5, 5.41) is 9.99. The molecule has 2 aromatic rings. The van der Waals surface area contributed by atoms with Crippen LogP contribution in [0.4, 0.5) is 4.39 Å². The Balaban J connectivity index is 1.88. The number of carbonyl (C=O) groups excluding carboxylic acids is 1. The molecule has 17 heavy (non-hydrogen) atoms. The molecule has 0 aliphatic rings. The van der Waals surface area contributed by atoms with Gasteiger partial charge in [0.25, 0.3) is 5.91 Å². The van der Waals surface area contributed by atoms with Gasteiger partial charge in [0.05, 0.1) is 18.3 Å². The van der Waals surface area contributed by atoms with Gasteiger partial charge < -0.3 is 5.32 Å². The van der Waals surface area contributed by atoms with Crippen LogP contribution in [0.15, 0.2) is 36.7 Å². The zero-order valence-corrected chi connectivity index (χ0v) is 9.01. The van der Waals surface area contributed by atoms with Gasteiger partial charge in [0.1, 0.15) is 5.82 Å². The van der Waals surface area contributed by atoms with Gasteiger partial charge in [0.2, 0.25) is 0 Å². The van der Waals surface area contributed by atoms with E-state index in [-0.39, 0.29) is 5.56 Å². The molecule has 1 N–H and O–H groups in total. The molecule has 5 nitrogen and oxygen atoms in total. The number of carbonyl (C=O) groups is 1. The summed E-state index contributed by atoms with van der Waals surface area (Å²) in [5.74, 6) is -0.950. The summed E-state index contributed by atoms with van der Waals surface area (Å²) in [5.41, 5.74) is 0.0473. The lowest BCUT2D eigenvalue weighted by molar-refractivity contribution is 0.0948. The number of hydrogen-bond donors (Lipinski definition) is 1. The smallest absolute Gasteiger partial charge is 0.254 e. The van der Waals surface area contributed by atoms with Gasteiger partial charge in [-0.05, 0) is 12.1 Å². The number of rotatable bonds is 4. The molecule has 2 rings (SSSR count). The fourth-order valence-electron chi connectivity index (χ4n) is 1.38. The van der Waals surface area contributed by atoms with E-state index in [2.05, 4.69) is 15.6 Å². The van der Waals surface area contributed by atoms with Crippen molar-refractivity contribution in [3.63, 3.8) is 0 Å². The SMILES string of the molecule is O=C(NCCn1ccnn1)c1ccccc1F. The van der Waals surface area contributed by atoms with E-state index in [1.807, 2.05) is 0 Å². The van der Waals surface area contributed by atoms with Crippen molar-refractivity contribution in [1.29, 1.82) is 0 Å². The zero-order valence-electron chi connectivity index (χ0n) is 9.01. The summed E-state index contributed by atoms with van der Waals surface area (Å²) >= 11 is 0. The molecule has 0 unspecified atom stereocenters. The maximum Gasteiger partial charge on any atom is 0.254 e. The molecule has 0 saturated heterocycles. The van der Waals surface area contributed by atoms with Crippen molar-refractivity contribution in [3.8, 4) is 0 Å². The monoisotopic (exact) mass is 234 g/mol. The van der Waals surface area contributed by atoms with Crippen molar-refractivity contribution in [1.82, 2.24) is 20.3 Å². The first kappa shape index (κ1) is 11.3. The second-order valence-corrected chi connectivity index (χ2v) is 3.40. The minimum atomic E-state index is -0.522. The second-order valence-electron chi connectivity index (χ2n) is 3.40. The van der Waals surface area contributed by atoms with E-state index in [0.717, 1.165) is 0 Å². The lowest BCUT2D eigenvalue weighted by Gasteiger charge is -2.05. The third-order valence-electron chi connectivity index (χ3n) is 2.22. The van der Waals surface area contributed by atoms with Gasteiger partial charge in [0, 0.05) is 12.7 Å². The highest BCUT2D eigenvalue weighted by molar-refractivity contribution is 5.94. The highest BCUT2D eigenvalue weighted by Crippen LogP contribution is 2.05. The molecule has 1 aromatic carbocycles. The van der Waals surface area contributed by atoms with Crippen LogP contribution in [0.1, 0.15) is 10.4 Å². The van der Waals surface area contributed by atoms with Crippen LogP contribution in [-0.2, 0) is 6.54 Å². The van der Waals surface area contributed by atoms with Crippen molar-refractivity contribution in [2.75, 3.05) is 6.54 Å². The molecule has 0 aliphatic heterocycles. The fraction of sp³-hybridized carbons (Fsp3) is 0.182. The van der Waals surface area contributed by atoms with E-state index in [4.69, 9.17) is 0 Å². The van der Waals surface area contributed by atoms with Gasteiger partial charge in [0.15, 0.2) is 0 Å². The molecule has 0 atom stereocenters. The number of nitrogens with zero attached hydrogens (tertiary/aromatic N) is 3. The van der Waals surface area contributed by atoms with Crippen molar-refractivity contribution in [3.05, 3.63) is 48.0 Å². The van der Waals surface area contributed by atoms with E-state index in [9.17, 15) is 9.18 Å². The van der Waals surface area contributed by atoms with Crippen LogP contribution in [0.5, 0.6) is 0 Å². The van der Waals surface area contributed by atoms with Gasteiger partial charge >= 0.3 is 0 Å². The quantitative estimate of drug-likeness (QED) is 0.853. The minimum absolute atomic E-state index is 0.0473. The summed E-state index contributed by atoms with van der Waals surface area (Å²) in [6, 6.07) is 5.86. The summed E-state index contributed by atoms with van der Waals surface area (Å²) in [4.78, 5) is 11.6. The van der Waals surface area contributed by atoms with Gasteiger partial charge in [-0.25, -0.2) is 4.39 Å². The van der Waals surface area contributed by atoms with Gasteiger partial charge in [-0.2, -0.15) is 0 Å². The fourth-order valence-corrected chi connectivity index (χ4v) is 1.38. The molecule has 0 bridgehead atoms. The highest BCUT2D eigenvalue weighted by Gasteiger charge is 2.09. The summed E-state index contributed by atoms with van der Waals surface area (Å²) < 4.78 is 14.8. The Labute approximate surface area is 97.3 Å². The number of hydrogen-bond acceptors (Lipinski definition) is 3. The number of benzene rings is 1. The predicted molar refractivity (Wildman–Crippen MR) is 58.8 cm³/mol. The molecule has 0 fully saturated rings. The first-order chi connectivity index (χ1) is 8.27. The normalized spacial score (nSPS) is 10.2. The Morgan fingerprint density at radius 2 is 2.24 bits per heavy atom. The van der Waals surface area contributed by atoms with Crippen molar-refractivity contribution in [2.24, 2.45) is 0 Å². The van der Waals surface area contributed by atoms with Gasteiger partial charge in [-0.3, -0.25) is 9.48 Å². The number of amides is 1. The maximum absolute atomic E-state index is 13.3. The molecule has 88 valence electrons. The molecule has 1 heterocycles. The third kappa shape index (κ3) is 2.87. The lowest BCUT2D eigenvalue weighted by Crippen LogP contribution is -2.28. The van der Waals surface area contributed by atoms with Gasteiger partial charge in [-0.15, -0.1) is 5.10 Å². The second kappa shape index (κ2) is 5.20. The summed E-state index contributed by atoms with van der Waals surface area (Å²) in [6.07, 6.45) is 3.24. The first-order valence-electron chi connectivity index (χ1n) is 5.14. The topological polar surface area (TPSA) is 59.8 Å². The van der Waals surface area contributed by atoms with Crippen LogP contribution in [0.3, 0.4) is 0 Å². The minimum Gasteiger partial charge on any atom is -0.350 e. The van der Waals surface area contributed by atoms with E-state index in [0.29, 0.717) is 13.1 Å².